The van der Waals surface area contributed by atoms with Crippen molar-refractivity contribution in [2.75, 3.05) is 0 Å². The molecule has 0 unspecified atom stereocenters. The minimum atomic E-state index is -0.701. The van der Waals surface area contributed by atoms with Crippen molar-refractivity contribution in [2.24, 2.45) is 0 Å². The molecule has 7 nitrogen and oxygen atoms in total. The monoisotopic (exact) mass is 353 g/mol. The number of aromatic nitrogens is 4. The van der Waals surface area contributed by atoms with E-state index in [9.17, 15) is 9.59 Å². The van der Waals surface area contributed by atoms with E-state index in [-0.39, 0.29) is 17.5 Å². The van der Waals surface area contributed by atoms with Crippen molar-refractivity contribution in [1.29, 1.82) is 0 Å². The van der Waals surface area contributed by atoms with Gasteiger partial charge in [0, 0.05) is 6.04 Å². The summed E-state index contributed by atoms with van der Waals surface area (Å²) in [6, 6.07) is 8.92. The molecule has 0 saturated carbocycles. The SMILES string of the molecule is Cc1nn([C@@H](C)C(=O)NC(C)C)c(=O)c2c(C)n(-c3ccccc3)nc12. The molecule has 0 bridgehead atoms. The van der Waals surface area contributed by atoms with Crippen LogP contribution in [0.15, 0.2) is 35.1 Å². The fraction of sp³-hybridized carbons (Fsp3) is 0.368. The number of nitrogens with zero attached hydrogens (tertiary/aromatic N) is 4. The lowest BCUT2D eigenvalue weighted by Gasteiger charge is -2.16. The van der Waals surface area contributed by atoms with Gasteiger partial charge in [-0.25, -0.2) is 9.36 Å². The number of hydrogen-bond acceptors (Lipinski definition) is 4. The zero-order valence-corrected chi connectivity index (χ0v) is 15.6. The van der Waals surface area contributed by atoms with Crippen LogP contribution in [0, 0.1) is 13.8 Å². The molecule has 2 heterocycles. The summed E-state index contributed by atoms with van der Waals surface area (Å²) in [6.45, 7) is 9.08. The highest BCUT2D eigenvalue weighted by atomic mass is 16.2. The number of para-hydroxylation sites is 1. The fourth-order valence-corrected chi connectivity index (χ4v) is 2.98. The topological polar surface area (TPSA) is 81.8 Å². The van der Waals surface area contributed by atoms with Crippen LogP contribution < -0.4 is 10.9 Å². The molecule has 1 amide bonds. The first-order chi connectivity index (χ1) is 12.3. The lowest BCUT2D eigenvalue weighted by atomic mass is 10.2. The van der Waals surface area contributed by atoms with E-state index >= 15 is 0 Å². The summed E-state index contributed by atoms with van der Waals surface area (Å²) in [4.78, 5) is 25.4. The number of fused-ring (bicyclic) bond motifs is 1. The van der Waals surface area contributed by atoms with Crippen LogP contribution >= 0.6 is 0 Å². The highest BCUT2D eigenvalue weighted by Gasteiger charge is 2.23. The first kappa shape index (κ1) is 17.8. The molecule has 26 heavy (non-hydrogen) atoms. The van der Waals surface area contributed by atoms with Gasteiger partial charge in [-0.15, -0.1) is 0 Å². The molecule has 0 radical (unpaired) electrons. The average molecular weight is 353 g/mol. The predicted octanol–water partition coefficient (Wildman–Crippen LogP) is 2.28. The van der Waals surface area contributed by atoms with Gasteiger partial charge < -0.3 is 5.32 Å². The standard InChI is InChI=1S/C19H23N5O2/c1-11(2)20-18(25)14(5)24-19(26)16-13(4)23(15-9-7-6-8-10-15)22-17(16)12(3)21-24/h6-11,14H,1-5H3,(H,20,25)/t14-/m0/s1. The Labute approximate surface area is 151 Å². The summed E-state index contributed by atoms with van der Waals surface area (Å²) in [6.07, 6.45) is 0. The van der Waals surface area contributed by atoms with E-state index in [1.165, 1.54) is 4.68 Å². The molecule has 3 aromatic rings. The predicted molar refractivity (Wildman–Crippen MR) is 101 cm³/mol. The van der Waals surface area contributed by atoms with Crippen LogP contribution in [0.4, 0.5) is 0 Å². The quantitative estimate of drug-likeness (QED) is 0.780. The Hall–Kier alpha value is -2.96. The van der Waals surface area contributed by atoms with Crippen LogP contribution in [0.5, 0.6) is 0 Å². The Bertz CT molecular complexity index is 1020. The highest BCUT2D eigenvalue weighted by molar-refractivity contribution is 5.84. The molecule has 0 aliphatic rings. The third kappa shape index (κ3) is 3.00. The van der Waals surface area contributed by atoms with Gasteiger partial charge in [0.2, 0.25) is 5.91 Å². The summed E-state index contributed by atoms with van der Waals surface area (Å²) >= 11 is 0. The Kier molecular flexibility index (Phi) is 4.63. The summed E-state index contributed by atoms with van der Waals surface area (Å²) < 4.78 is 2.99. The van der Waals surface area contributed by atoms with Crippen molar-refractivity contribution in [1.82, 2.24) is 24.9 Å². The molecule has 1 aromatic carbocycles. The molecular weight excluding hydrogens is 330 g/mol. The van der Waals surface area contributed by atoms with Gasteiger partial charge in [-0.1, -0.05) is 18.2 Å². The van der Waals surface area contributed by atoms with E-state index in [0.29, 0.717) is 16.6 Å². The first-order valence-electron chi connectivity index (χ1n) is 8.65. The Balaban J connectivity index is 2.18. The summed E-state index contributed by atoms with van der Waals surface area (Å²) in [5.41, 5.74) is 2.46. The van der Waals surface area contributed by atoms with Gasteiger partial charge in [-0.3, -0.25) is 9.59 Å². The summed E-state index contributed by atoms with van der Waals surface area (Å²) in [5.74, 6) is -0.235. The molecule has 0 saturated heterocycles. The van der Waals surface area contributed by atoms with Gasteiger partial charge >= 0.3 is 0 Å². The van der Waals surface area contributed by atoms with Crippen LogP contribution in [0.1, 0.15) is 38.2 Å². The third-order valence-electron chi connectivity index (χ3n) is 4.32. The lowest BCUT2D eigenvalue weighted by Crippen LogP contribution is -2.40. The molecule has 0 fully saturated rings. The van der Waals surface area contributed by atoms with Crippen molar-refractivity contribution < 1.29 is 4.79 Å². The molecule has 1 atom stereocenters. The zero-order valence-electron chi connectivity index (χ0n) is 15.6. The fourth-order valence-electron chi connectivity index (χ4n) is 2.98. The number of amides is 1. The van der Waals surface area contributed by atoms with Crippen molar-refractivity contribution in [3.8, 4) is 5.69 Å². The van der Waals surface area contributed by atoms with E-state index in [4.69, 9.17) is 0 Å². The largest absolute Gasteiger partial charge is 0.352 e. The van der Waals surface area contributed by atoms with E-state index in [1.807, 2.05) is 51.1 Å². The van der Waals surface area contributed by atoms with Crippen LogP contribution in [0.3, 0.4) is 0 Å². The number of carbonyl (C=O) groups excluding carboxylic acids is 1. The number of hydrogen-bond donors (Lipinski definition) is 1. The van der Waals surface area contributed by atoms with E-state index in [0.717, 1.165) is 11.4 Å². The van der Waals surface area contributed by atoms with Crippen molar-refractivity contribution in [3.05, 3.63) is 52.1 Å². The van der Waals surface area contributed by atoms with Gasteiger partial charge in [-0.05, 0) is 46.8 Å². The summed E-state index contributed by atoms with van der Waals surface area (Å²) in [5, 5.41) is 12.2. The van der Waals surface area contributed by atoms with E-state index < -0.39 is 6.04 Å². The van der Waals surface area contributed by atoms with Gasteiger partial charge in [0.15, 0.2) is 0 Å². The van der Waals surface area contributed by atoms with Crippen LogP contribution in [-0.4, -0.2) is 31.5 Å². The molecule has 136 valence electrons. The van der Waals surface area contributed by atoms with Crippen LogP contribution in [0.25, 0.3) is 16.6 Å². The highest BCUT2D eigenvalue weighted by Crippen LogP contribution is 2.20. The molecular formula is C19H23N5O2. The minimum absolute atomic E-state index is 0.00644. The van der Waals surface area contributed by atoms with Gasteiger partial charge in [0.25, 0.3) is 5.56 Å². The first-order valence-corrected chi connectivity index (χ1v) is 8.65. The minimum Gasteiger partial charge on any atom is -0.352 e. The molecule has 1 N–H and O–H groups in total. The van der Waals surface area contributed by atoms with Crippen LogP contribution in [-0.2, 0) is 4.79 Å². The summed E-state index contributed by atoms with van der Waals surface area (Å²) in [7, 11) is 0. The maximum Gasteiger partial charge on any atom is 0.278 e. The maximum absolute atomic E-state index is 13.0. The Morgan fingerprint density at radius 1 is 1.08 bits per heavy atom. The molecule has 2 aromatic heterocycles. The number of benzene rings is 1. The lowest BCUT2D eigenvalue weighted by molar-refractivity contribution is -0.124. The molecule has 0 spiro atoms. The normalized spacial score (nSPS) is 12.5. The third-order valence-corrected chi connectivity index (χ3v) is 4.32. The molecule has 7 heteroatoms. The number of aryl methyl sites for hydroxylation is 2. The van der Waals surface area contributed by atoms with Gasteiger partial charge in [0.05, 0.1) is 22.5 Å². The van der Waals surface area contributed by atoms with E-state index in [2.05, 4.69) is 15.5 Å². The molecule has 0 aliphatic heterocycles. The van der Waals surface area contributed by atoms with Crippen molar-refractivity contribution >= 4 is 16.8 Å². The number of carbonyl (C=O) groups is 1. The van der Waals surface area contributed by atoms with Crippen LogP contribution in [0.2, 0.25) is 0 Å². The van der Waals surface area contributed by atoms with E-state index in [1.54, 1.807) is 18.5 Å². The molecule has 3 rings (SSSR count). The second-order valence-electron chi connectivity index (χ2n) is 6.73. The van der Waals surface area contributed by atoms with Crippen molar-refractivity contribution in [3.63, 3.8) is 0 Å². The second kappa shape index (κ2) is 6.74. The van der Waals surface area contributed by atoms with Gasteiger partial charge in [0.1, 0.15) is 11.6 Å². The molecule has 0 aliphatic carbocycles. The van der Waals surface area contributed by atoms with Gasteiger partial charge in [-0.2, -0.15) is 10.2 Å². The zero-order chi connectivity index (χ0) is 19.0. The van der Waals surface area contributed by atoms with Crippen molar-refractivity contribution in [2.45, 2.75) is 46.7 Å². The maximum atomic E-state index is 13.0. The average Bonchev–Trinajstić information content (AvgIpc) is 2.96. The number of rotatable bonds is 4. The Morgan fingerprint density at radius 2 is 1.73 bits per heavy atom. The second-order valence-corrected chi connectivity index (χ2v) is 6.73. The Morgan fingerprint density at radius 3 is 2.35 bits per heavy atom. The number of nitrogens with one attached hydrogen (secondary N) is 1. The smallest absolute Gasteiger partial charge is 0.278 e.